The first-order chi connectivity index (χ1) is 10.1. The molecule has 23 heavy (non-hydrogen) atoms. The van der Waals surface area contributed by atoms with E-state index in [1.165, 1.54) is 0 Å². The molecule has 1 atom stereocenters. The molecule has 8 heteroatoms. The molecule has 2 amide bonds. The molecule has 1 aliphatic rings. The fourth-order valence-electron chi connectivity index (χ4n) is 2.67. The minimum absolute atomic E-state index is 0. The number of hydrogen-bond donors (Lipinski definition) is 3. The number of nitrogens with one attached hydrogen (secondary N) is 1. The van der Waals surface area contributed by atoms with Crippen molar-refractivity contribution in [2.45, 2.75) is 31.8 Å². The number of nitrogens with two attached hydrogens (primary N) is 2. The molecule has 6 nitrogen and oxygen atoms in total. The van der Waals surface area contributed by atoms with Gasteiger partial charge in [0, 0.05) is 25.2 Å². The average molecular weight is 363 g/mol. The van der Waals surface area contributed by atoms with E-state index in [-0.39, 0.29) is 42.7 Å². The quantitative estimate of drug-likeness (QED) is 0.708. The average Bonchev–Trinajstić information content (AvgIpc) is 2.87. The summed E-state index contributed by atoms with van der Waals surface area (Å²) < 4.78 is 0. The smallest absolute Gasteiger partial charge is 0.234 e. The van der Waals surface area contributed by atoms with E-state index in [1.54, 1.807) is 0 Å². The number of benzene rings is 1. The number of carbonyl (C=O) groups excluding carboxylic acids is 2. The van der Waals surface area contributed by atoms with Crippen LogP contribution in [-0.2, 0) is 16.1 Å². The largest absolute Gasteiger partial charge is 0.368 e. The van der Waals surface area contributed by atoms with Crippen LogP contribution < -0.4 is 16.8 Å². The van der Waals surface area contributed by atoms with Gasteiger partial charge < -0.3 is 16.8 Å². The second-order valence-electron chi connectivity index (χ2n) is 5.32. The summed E-state index contributed by atoms with van der Waals surface area (Å²) in [5.74, 6) is -0.356. The lowest BCUT2D eigenvalue weighted by Crippen LogP contribution is -2.39. The van der Waals surface area contributed by atoms with E-state index < -0.39 is 0 Å². The van der Waals surface area contributed by atoms with E-state index in [9.17, 15) is 9.59 Å². The zero-order chi connectivity index (χ0) is 15.2. The number of amides is 2. The summed E-state index contributed by atoms with van der Waals surface area (Å²) in [6, 6.07) is 7.45. The van der Waals surface area contributed by atoms with Crippen LogP contribution in [0.25, 0.3) is 0 Å². The molecular weight excluding hydrogens is 339 g/mol. The number of rotatable bonds is 6. The van der Waals surface area contributed by atoms with Crippen LogP contribution >= 0.6 is 24.8 Å². The maximum atomic E-state index is 11.5. The van der Waals surface area contributed by atoms with Crippen LogP contribution in [0.2, 0.25) is 0 Å². The molecule has 1 saturated heterocycles. The van der Waals surface area contributed by atoms with Crippen molar-refractivity contribution in [3.8, 4) is 0 Å². The van der Waals surface area contributed by atoms with Crippen molar-refractivity contribution in [3.05, 3.63) is 29.8 Å². The molecule has 1 heterocycles. The summed E-state index contributed by atoms with van der Waals surface area (Å²) in [5, 5.41) is 2.81. The van der Waals surface area contributed by atoms with Gasteiger partial charge in [0.2, 0.25) is 11.8 Å². The monoisotopic (exact) mass is 362 g/mol. The molecule has 1 fully saturated rings. The van der Waals surface area contributed by atoms with Gasteiger partial charge in [-0.3, -0.25) is 14.5 Å². The zero-order valence-electron chi connectivity index (χ0n) is 12.9. The molecule has 0 aromatic heterocycles. The standard InChI is InChI=1S/C15H22N4O2.2ClH/c16-7-6-14(20)18-12-4-1-3-11(9-12)10-19-8-2-5-13(19)15(17)21;;/h1,3-4,9,13H,2,5-8,10,16H2,(H2,17,21)(H,18,20);2*1H. The van der Waals surface area contributed by atoms with Crippen molar-refractivity contribution >= 4 is 42.3 Å². The number of halogens is 2. The third-order valence-electron chi connectivity index (χ3n) is 3.66. The van der Waals surface area contributed by atoms with Crippen molar-refractivity contribution in [2.75, 3.05) is 18.4 Å². The Kier molecular flexibility index (Phi) is 9.83. The van der Waals surface area contributed by atoms with Gasteiger partial charge in [-0.05, 0) is 37.1 Å². The van der Waals surface area contributed by atoms with Crippen LogP contribution in [0.3, 0.4) is 0 Å². The minimum Gasteiger partial charge on any atom is -0.368 e. The van der Waals surface area contributed by atoms with Gasteiger partial charge in [0.15, 0.2) is 0 Å². The molecule has 0 radical (unpaired) electrons. The number of likely N-dealkylation sites (tertiary alicyclic amines) is 1. The van der Waals surface area contributed by atoms with Crippen LogP contribution in [-0.4, -0.2) is 35.8 Å². The van der Waals surface area contributed by atoms with Crippen molar-refractivity contribution in [3.63, 3.8) is 0 Å². The zero-order valence-corrected chi connectivity index (χ0v) is 14.5. The normalized spacial score (nSPS) is 17.0. The Morgan fingerprint density at radius 1 is 1.30 bits per heavy atom. The Labute approximate surface area is 148 Å². The van der Waals surface area contributed by atoms with E-state index in [0.717, 1.165) is 30.6 Å². The molecule has 130 valence electrons. The van der Waals surface area contributed by atoms with E-state index in [4.69, 9.17) is 11.5 Å². The van der Waals surface area contributed by atoms with Crippen LogP contribution in [0.5, 0.6) is 0 Å². The van der Waals surface area contributed by atoms with Crippen LogP contribution in [0.4, 0.5) is 5.69 Å². The van der Waals surface area contributed by atoms with Gasteiger partial charge in [-0.1, -0.05) is 12.1 Å². The van der Waals surface area contributed by atoms with E-state index in [2.05, 4.69) is 10.2 Å². The Morgan fingerprint density at radius 2 is 2.04 bits per heavy atom. The second-order valence-corrected chi connectivity index (χ2v) is 5.32. The molecule has 5 N–H and O–H groups in total. The molecule has 0 aliphatic carbocycles. The highest BCUT2D eigenvalue weighted by molar-refractivity contribution is 5.90. The lowest BCUT2D eigenvalue weighted by atomic mass is 10.1. The molecule has 0 bridgehead atoms. The van der Waals surface area contributed by atoms with Gasteiger partial charge >= 0.3 is 0 Å². The second kappa shape index (κ2) is 10.4. The predicted molar refractivity (Wildman–Crippen MR) is 95.9 cm³/mol. The summed E-state index contributed by atoms with van der Waals surface area (Å²) in [6.07, 6.45) is 2.11. The van der Waals surface area contributed by atoms with Crippen LogP contribution in [0, 0.1) is 0 Å². The predicted octanol–water partition coefficient (Wildman–Crippen LogP) is 1.27. The number of carbonyl (C=O) groups is 2. The first-order valence-electron chi connectivity index (χ1n) is 7.22. The maximum Gasteiger partial charge on any atom is 0.234 e. The van der Waals surface area contributed by atoms with Gasteiger partial charge in [-0.15, -0.1) is 24.8 Å². The Morgan fingerprint density at radius 3 is 2.70 bits per heavy atom. The van der Waals surface area contributed by atoms with Crippen molar-refractivity contribution < 1.29 is 9.59 Å². The molecular formula is C15H24Cl2N4O2. The highest BCUT2D eigenvalue weighted by atomic mass is 35.5. The van der Waals surface area contributed by atoms with Crippen molar-refractivity contribution in [1.29, 1.82) is 0 Å². The first kappa shape index (κ1) is 21.7. The Balaban J connectivity index is 0.00000242. The Bertz CT molecular complexity index is 528. The van der Waals surface area contributed by atoms with E-state index in [1.807, 2.05) is 24.3 Å². The summed E-state index contributed by atoms with van der Waals surface area (Å²) in [6.45, 7) is 1.87. The fourth-order valence-corrected chi connectivity index (χ4v) is 2.67. The number of nitrogens with zero attached hydrogens (tertiary/aromatic N) is 1. The fraction of sp³-hybridized carbons (Fsp3) is 0.467. The minimum atomic E-state index is -0.264. The van der Waals surface area contributed by atoms with E-state index in [0.29, 0.717) is 19.5 Å². The lowest BCUT2D eigenvalue weighted by molar-refractivity contribution is -0.122. The first-order valence-corrected chi connectivity index (χ1v) is 7.22. The third kappa shape index (κ3) is 6.35. The third-order valence-corrected chi connectivity index (χ3v) is 3.66. The molecule has 1 aromatic carbocycles. The summed E-state index contributed by atoms with van der Waals surface area (Å²) in [7, 11) is 0. The summed E-state index contributed by atoms with van der Waals surface area (Å²) in [5.41, 5.74) is 12.6. The lowest BCUT2D eigenvalue weighted by Gasteiger charge is -2.22. The summed E-state index contributed by atoms with van der Waals surface area (Å²) >= 11 is 0. The maximum absolute atomic E-state index is 11.5. The van der Waals surface area contributed by atoms with Crippen LogP contribution in [0.1, 0.15) is 24.8 Å². The molecule has 1 unspecified atom stereocenters. The highest BCUT2D eigenvalue weighted by Crippen LogP contribution is 2.21. The number of hydrogen-bond acceptors (Lipinski definition) is 4. The van der Waals surface area contributed by atoms with Gasteiger partial charge in [-0.2, -0.15) is 0 Å². The van der Waals surface area contributed by atoms with Gasteiger partial charge in [0.1, 0.15) is 0 Å². The molecule has 2 rings (SSSR count). The summed E-state index contributed by atoms with van der Waals surface area (Å²) in [4.78, 5) is 25.0. The molecule has 1 aromatic rings. The van der Waals surface area contributed by atoms with E-state index >= 15 is 0 Å². The van der Waals surface area contributed by atoms with Gasteiger partial charge in [0.05, 0.1) is 6.04 Å². The molecule has 0 spiro atoms. The van der Waals surface area contributed by atoms with Crippen LogP contribution in [0.15, 0.2) is 24.3 Å². The highest BCUT2D eigenvalue weighted by Gasteiger charge is 2.28. The topological polar surface area (TPSA) is 101 Å². The molecule has 1 aliphatic heterocycles. The van der Waals surface area contributed by atoms with Crippen molar-refractivity contribution in [2.24, 2.45) is 11.5 Å². The number of anilines is 1. The number of primary amides is 1. The Hall–Kier alpha value is -1.34. The van der Waals surface area contributed by atoms with Gasteiger partial charge in [-0.25, -0.2) is 0 Å². The van der Waals surface area contributed by atoms with Gasteiger partial charge in [0.25, 0.3) is 0 Å². The molecule has 0 saturated carbocycles. The SMILES string of the molecule is Cl.Cl.NCCC(=O)Nc1cccc(CN2CCCC2C(N)=O)c1. The van der Waals surface area contributed by atoms with Crippen molar-refractivity contribution in [1.82, 2.24) is 4.90 Å².